The largest absolute Gasteiger partial charge is 0.326 e. The lowest BCUT2D eigenvalue weighted by Gasteiger charge is -2.03. The quantitative estimate of drug-likeness (QED) is 0.734. The van der Waals surface area contributed by atoms with Crippen LogP contribution in [0.5, 0.6) is 0 Å². The average Bonchev–Trinajstić information content (AvgIpc) is 3.05. The van der Waals surface area contributed by atoms with Crippen molar-refractivity contribution >= 4 is 22.9 Å². The molecule has 0 aliphatic heterocycles. The summed E-state index contributed by atoms with van der Waals surface area (Å²) in [5.41, 5.74) is 5.28. The minimum Gasteiger partial charge on any atom is -0.326 e. The van der Waals surface area contributed by atoms with E-state index >= 15 is 0 Å². The molecule has 0 fully saturated rings. The Kier molecular flexibility index (Phi) is 4.53. The lowest BCUT2D eigenvalue weighted by molar-refractivity contribution is -0.114. The topological polar surface area (TPSA) is 42.0 Å². The highest BCUT2D eigenvalue weighted by molar-refractivity contribution is 7.13. The predicted molar refractivity (Wildman–Crippen MR) is 96.7 cm³/mol. The summed E-state index contributed by atoms with van der Waals surface area (Å²) >= 11 is 1.64. The Hall–Kier alpha value is -2.46. The number of anilines is 1. The van der Waals surface area contributed by atoms with E-state index in [1.807, 2.05) is 24.3 Å². The molecule has 0 spiro atoms. The van der Waals surface area contributed by atoms with Gasteiger partial charge in [0.25, 0.3) is 0 Å². The van der Waals surface area contributed by atoms with Gasteiger partial charge in [0.2, 0.25) is 5.91 Å². The van der Waals surface area contributed by atoms with Crippen LogP contribution in [0.4, 0.5) is 5.69 Å². The van der Waals surface area contributed by atoms with Crippen LogP contribution in [-0.4, -0.2) is 10.9 Å². The molecule has 23 heavy (non-hydrogen) atoms. The average molecular weight is 322 g/mol. The minimum atomic E-state index is -0.0655. The number of amides is 1. The van der Waals surface area contributed by atoms with E-state index < -0.39 is 0 Å². The summed E-state index contributed by atoms with van der Waals surface area (Å²) in [6, 6.07) is 16.3. The van der Waals surface area contributed by atoms with Crippen LogP contribution in [-0.2, 0) is 11.2 Å². The molecule has 0 saturated heterocycles. The molecule has 0 bridgehead atoms. The van der Waals surface area contributed by atoms with Gasteiger partial charge in [0.05, 0.1) is 5.69 Å². The van der Waals surface area contributed by atoms with Gasteiger partial charge in [0.15, 0.2) is 0 Å². The van der Waals surface area contributed by atoms with Crippen molar-refractivity contribution < 1.29 is 4.79 Å². The summed E-state index contributed by atoms with van der Waals surface area (Å²) in [7, 11) is 0. The van der Waals surface area contributed by atoms with Gasteiger partial charge in [-0.1, -0.05) is 43.3 Å². The third kappa shape index (κ3) is 3.66. The highest BCUT2D eigenvalue weighted by Crippen LogP contribution is 2.29. The third-order valence-corrected chi connectivity index (χ3v) is 4.51. The van der Waals surface area contributed by atoms with Gasteiger partial charge in [-0.15, -0.1) is 11.3 Å². The summed E-state index contributed by atoms with van der Waals surface area (Å²) in [5, 5.41) is 5.86. The lowest BCUT2D eigenvalue weighted by Crippen LogP contribution is -2.05. The zero-order chi connectivity index (χ0) is 16.2. The van der Waals surface area contributed by atoms with Crippen molar-refractivity contribution in [2.24, 2.45) is 0 Å². The van der Waals surface area contributed by atoms with E-state index in [4.69, 9.17) is 4.98 Å². The lowest BCUT2D eigenvalue weighted by atomic mass is 10.1. The molecule has 0 aliphatic rings. The van der Waals surface area contributed by atoms with Gasteiger partial charge < -0.3 is 5.32 Å². The number of hydrogen-bond acceptors (Lipinski definition) is 3. The van der Waals surface area contributed by atoms with Crippen LogP contribution >= 0.6 is 11.3 Å². The molecule has 1 heterocycles. The number of carbonyl (C=O) groups is 1. The van der Waals surface area contributed by atoms with Gasteiger partial charge in [-0.2, -0.15) is 0 Å². The summed E-state index contributed by atoms with van der Waals surface area (Å²) in [6.07, 6.45) is 1.05. The molecule has 0 unspecified atom stereocenters. The smallest absolute Gasteiger partial charge is 0.221 e. The van der Waals surface area contributed by atoms with Gasteiger partial charge in [-0.3, -0.25) is 4.79 Å². The fourth-order valence-corrected chi connectivity index (χ4v) is 3.18. The zero-order valence-electron chi connectivity index (χ0n) is 13.2. The summed E-state index contributed by atoms with van der Waals surface area (Å²) in [6.45, 7) is 3.66. The zero-order valence-corrected chi connectivity index (χ0v) is 14.0. The maximum Gasteiger partial charge on any atom is 0.221 e. The number of hydrogen-bond donors (Lipinski definition) is 1. The van der Waals surface area contributed by atoms with Gasteiger partial charge in [0.1, 0.15) is 5.01 Å². The highest BCUT2D eigenvalue weighted by Gasteiger charge is 2.07. The molecule has 1 N–H and O–H groups in total. The fraction of sp³-hybridized carbons (Fsp3) is 0.158. The van der Waals surface area contributed by atoms with Crippen LogP contribution in [0.2, 0.25) is 0 Å². The molecule has 116 valence electrons. The van der Waals surface area contributed by atoms with Crippen molar-refractivity contribution in [1.82, 2.24) is 4.98 Å². The number of carbonyl (C=O) groups excluding carboxylic acids is 1. The van der Waals surface area contributed by atoms with Crippen molar-refractivity contribution in [3.05, 3.63) is 59.5 Å². The van der Waals surface area contributed by atoms with Crippen LogP contribution in [0.1, 0.15) is 19.4 Å². The second kappa shape index (κ2) is 6.75. The number of aryl methyl sites for hydroxylation is 1. The Morgan fingerprint density at radius 1 is 1.04 bits per heavy atom. The third-order valence-electron chi connectivity index (χ3n) is 3.61. The molecular weight excluding hydrogens is 304 g/mol. The number of nitrogens with one attached hydrogen (secondary N) is 1. The molecule has 4 heteroatoms. The van der Waals surface area contributed by atoms with E-state index in [0.29, 0.717) is 0 Å². The molecule has 3 nitrogen and oxygen atoms in total. The minimum absolute atomic E-state index is 0.0655. The van der Waals surface area contributed by atoms with Crippen LogP contribution in [0.15, 0.2) is 53.9 Å². The Balaban J connectivity index is 1.81. The molecule has 0 radical (unpaired) electrons. The SMILES string of the molecule is CCc1ccc(-c2nc(-c3ccc(NC(C)=O)cc3)cs2)cc1. The van der Waals surface area contributed by atoms with Crippen molar-refractivity contribution in [2.45, 2.75) is 20.3 Å². The van der Waals surface area contributed by atoms with Crippen molar-refractivity contribution in [3.63, 3.8) is 0 Å². The first-order valence-electron chi connectivity index (χ1n) is 7.58. The first-order valence-corrected chi connectivity index (χ1v) is 8.46. The van der Waals surface area contributed by atoms with E-state index in [1.54, 1.807) is 11.3 Å². The number of thiazole rings is 1. The van der Waals surface area contributed by atoms with Crippen LogP contribution < -0.4 is 5.32 Å². The number of nitrogens with zero attached hydrogens (tertiary/aromatic N) is 1. The molecule has 3 rings (SSSR count). The van der Waals surface area contributed by atoms with Crippen molar-refractivity contribution in [1.29, 1.82) is 0 Å². The Bertz CT molecular complexity index is 804. The van der Waals surface area contributed by atoms with Crippen LogP contribution in [0, 0.1) is 0 Å². The molecular formula is C19H18N2OS. The maximum absolute atomic E-state index is 11.1. The predicted octanol–water partition coefficient (Wildman–Crippen LogP) is 5.00. The number of rotatable bonds is 4. The van der Waals surface area contributed by atoms with E-state index in [-0.39, 0.29) is 5.91 Å². The molecule has 2 aromatic carbocycles. The Morgan fingerprint density at radius 3 is 2.30 bits per heavy atom. The second-order valence-electron chi connectivity index (χ2n) is 5.35. The summed E-state index contributed by atoms with van der Waals surface area (Å²) < 4.78 is 0. The van der Waals surface area contributed by atoms with Crippen molar-refractivity contribution in [2.75, 3.05) is 5.32 Å². The van der Waals surface area contributed by atoms with E-state index in [2.05, 4.69) is 41.9 Å². The van der Waals surface area contributed by atoms with Crippen LogP contribution in [0.3, 0.4) is 0 Å². The normalized spacial score (nSPS) is 10.5. The van der Waals surface area contributed by atoms with Gasteiger partial charge in [0, 0.05) is 29.1 Å². The molecule has 3 aromatic rings. The maximum atomic E-state index is 11.1. The monoisotopic (exact) mass is 322 g/mol. The first-order chi connectivity index (χ1) is 11.2. The Labute approximate surface area is 140 Å². The van der Waals surface area contributed by atoms with Gasteiger partial charge >= 0.3 is 0 Å². The molecule has 0 aliphatic carbocycles. The number of aromatic nitrogens is 1. The standard InChI is InChI=1S/C19H18N2OS/c1-3-14-4-6-16(7-5-14)19-21-18(12-23-19)15-8-10-17(11-9-15)20-13(2)22/h4-12H,3H2,1-2H3,(H,20,22). The molecule has 0 atom stereocenters. The number of benzene rings is 2. The highest BCUT2D eigenvalue weighted by atomic mass is 32.1. The fourth-order valence-electron chi connectivity index (χ4n) is 2.35. The van der Waals surface area contributed by atoms with Gasteiger partial charge in [-0.05, 0) is 24.1 Å². The molecule has 1 aromatic heterocycles. The molecule has 1 amide bonds. The van der Waals surface area contributed by atoms with E-state index in [1.165, 1.54) is 12.5 Å². The van der Waals surface area contributed by atoms with Crippen molar-refractivity contribution in [3.8, 4) is 21.8 Å². The van der Waals surface area contributed by atoms with Crippen LogP contribution in [0.25, 0.3) is 21.8 Å². The van der Waals surface area contributed by atoms with E-state index in [0.717, 1.165) is 33.9 Å². The van der Waals surface area contributed by atoms with E-state index in [9.17, 15) is 4.79 Å². The first kappa shape index (κ1) is 15.4. The molecule has 0 saturated carbocycles. The Morgan fingerprint density at radius 2 is 1.70 bits per heavy atom. The second-order valence-corrected chi connectivity index (χ2v) is 6.21. The van der Waals surface area contributed by atoms with Gasteiger partial charge in [-0.25, -0.2) is 4.98 Å². The summed E-state index contributed by atoms with van der Waals surface area (Å²) in [4.78, 5) is 15.8. The summed E-state index contributed by atoms with van der Waals surface area (Å²) in [5.74, 6) is -0.0655.